The van der Waals surface area contributed by atoms with Gasteiger partial charge in [-0.15, -0.1) is 0 Å². The highest BCUT2D eigenvalue weighted by Crippen LogP contribution is 2.32. The van der Waals surface area contributed by atoms with E-state index in [1.54, 1.807) is 6.20 Å². The summed E-state index contributed by atoms with van der Waals surface area (Å²) in [6.07, 6.45) is 9.02. The van der Waals surface area contributed by atoms with Crippen molar-refractivity contribution in [3.63, 3.8) is 0 Å². The van der Waals surface area contributed by atoms with Gasteiger partial charge in [0.25, 0.3) is 0 Å². The van der Waals surface area contributed by atoms with E-state index in [4.69, 9.17) is 5.84 Å². The van der Waals surface area contributed by atoms with Gasteiger partial charge in [0.1, 0.15) is 5.82 Å². The van der Waals surface area contributed by atoms with Gasteiger partial charge in [0.05, 0.1) is 6.20 Å². The maximum Gasteiger partial charge on any atom is 0.141 e. The fourth-order valence-electron chi connectivity index (χ4n) is 2.50. The smallest absolute Gasteiger partial charge is 0.141 e. The SMILES string of the molecule is NNC(CC1CCCC1)c1cncc(F)c1. The fraction of sp³-hybridized carbons (Fsp3) is 0.583. The molecule has 88 valence electrons. The minimum Gasteiger partial charge on any atom is -0.271 e. The zero-order chi connectivity index (χ0) is 11.4. The first kappa shape index (κ1) is 11.5. The summed E-state index contributed by atoms with van der Waals surface area (Å²) in [5.74, 6) is 5.94. The highest BCUT2D eigenvalue weighted by atomic mass is 19.1. The van der Waals surface area contributed by atoms with E-state index in [1.165, 1.54) is 37.9 Å². The molecule has 1 atom stereocenters. The Morgan fingerprint density at radius 3 is 2.81 bits per heavy atom. The second kappa shape index (κ2) is 5.37. The molecule has 16 heavy (non-hydrogen) atoms. The Kier molecular flexibility index (Phi) is 3.85. The molecule has 1 aliphatic carbocycles. The molecule has 2 rings (SSSR count). The minimum absolute atomic E-state index is 0.0197. The van der Waals surface area contributed by atoms with Crippen LogP contribution in [0.4, 0.5) is 4.39 Å². The third-order valence-corrected chi connectivity index (χ3v) is 3.37. The average Bonchev–Trinajstić information content (AvgIpc) is 2.78. The van der Waals surface area contributed by atoms with Crippen molar-refractivity contribution in [1.82, 2.24) is 10.4 Å². The summed E-state index contributed by atoms with van der Waals surface area (Å²) in [6.45, 7) is 0. The highest BCUT2D eigenvalue weighted by molar-refractivity contribution is 5.15. The van der Waals surface area contributed by atoms with Crippen LogP contribution in [0.3, 0.4) is 0 Å². The first-order valence-electron chi connectivity index (χ1n) is 5.86. The third kappa shape index (κ3) is 2.77. The van der Waals surface area contributed by atoms with Crippen LogP contribution in [-0.4, -0.2) is 4.98 Å². The second-order valence-electron chi connectivity index (χ2n) is 4.54. The number of pyridine rings is 1. The Morgan fingerprint density at radius 1 is 1.44 bits per heavy atom. The third-order valence-electron chi connectivity index (χ3n) is 3.37. The number of hydrogen-bond donors (Lipinski definition) is 2. The topological polar surface area (TPSA) is 50.9 Å². The van der Waals surface area contributed by atoms with Crippen molar-refractivity contribution in [2.75, 3.05) is 0 Å². The van der Waals surface area contributed by atoms with E-state index in [0.29, 0.717) is 5.92 Å². The Bertz CT molecular complexity index is 337. The summed E-state index contributed by atoms with van der Waals surface area (Å²) in [7, 11) is 0. The van der Waals surface area contributed by atoms with Gasteiger partial charge in [-0.05, 0) is 24.0 Å². The van der Waals surface area contributed by atoms with E-state index in [-0.39, 0.29) is 11.9 Å². The molecule has 3 nitrogen and oxygen atoms in total. The summed E-state index contributed by atoms with van der Waals surface area (Å²) in [5.41, 5.74) is 3.61. The number of hydrogen-bond acceptors (Lipinski definition) is 3. The van der Waals surface area contributed by atoms with Gasteiger partial charge >= 0.3 is 0 Å². The van der Waals surface area contributed by atoms with Crippen LogP contribution in [0.5, 0.6) is 0 Å². The van der Waals surface area contributed by atoms with Crippen LogP contribution in [0.2, 0.25) is 0 Å². The molecule has 0 spiro atoms. The number of nitrogens with two attached hydrogens (primary N) is 1. The molecule has 1 heterocycles. The van der Waals surface area contributed by atoms with Crippen LogP contribution in [-0.2, 0) is 0 Å². The molecule has 0 aromatic carbocycles. The van der Waals surface area contributed by atoms with Gasteiger partial charge in [-0.1, -0.05) is 25.7 Å². The van der Waals surface area contributed by atoms with Crippen LogP contribution in [0, 0.1) is 11.7 Å². The number of hydrazine groups is 1. The number of nitrogens with zero attached hydrogens (tertiary/aromatic N) is 1. The fourth-order valence-corrected chi connectivity index (χ4v) is 2.50. The predicted molar refractivity (Wildman–Crippen MR) is 60.8 cm³/mol. The summed E-state index contributed by atoms with van der Waals surface area (Å²) in [4.78, 5) is 3.86. The molecule has 0 saturated heterocycles. The zero-order valence-corrected chi connectivity index (χ0v) is 9.32. The molecule has 0 aliphatic heterocycles. The minimum atomic E-state index is -0.302. The lowest BCUT2D eigenvalue weighted by molar-refractivity contribution is 0.398. The lowest BCUT2D eigenvalue weighted by Crippen LogP contribution is -2.29. The molecule has 0 amide bonds. The van der Waals surface area contributed by atoms with E-state index in [1.807, 2.05) is 0 Å². The molecule has 1 unspecified atom stereocenters. The number of nitrogens with one attached hydrogen (secondary N) is 1. The van der Waals surface area contributed by atoms with Crippen molar-refractivity contribution in [3.05, 3.63) is 29.8 Å². The summed E-state index contributed by atoms with van der Waals surface area (Å²) in [5, 5.41) is 0. The Balaban J connectivity index is 2.03. The first-order chi connectivity index (χ1) is 7.79. The zero-order valence-electron chi connectivity index (χ0n) is 9.32. The Labute approximate surface area is 95.2 Å². The van der Waals surface area contributed by atoms with Crippen LogP contribution in [0.15, 0.2) is 18.5 Å². The number of halogens is 1. The molecule has 1 aromatic heterocycles. The quantitative estimate of drug-likeness (QED) is 0.608. The molecule has 0 radical (unpaired) electrons. The van der Waals surface area contributed by atoms with E-state index in [0.717, 1.165) is 12.0 Å². The van der Waals surface area contributed by atoms with Crippen molar-refractivity contribution in [3.8, 4) is 0 Å². The number of rotatable bonds is 4. The van der Waals surface area contributed by atoms with E-state index in [2.05, 4.69) is 10.4 Å². The van der Waals surface area contributed by atoms with Crippen LogP contribution < -0.4 is 11.3 Å². The summed E-state index contributed by atoms with van der Waals surface area (Å²) < 4.78 is 13.0. The molecule has 1 saturated carbocycles. The van der Waals surface area contributed by atoms with Gasteiger partial charge in [0.2, 0.25) is 0 Å². The van der Waals surface area contributed by atoms with Gasteiger partial charge in [-0.3, -0.25) is 16.3 Å². The molecule has 1 aromatic rings. The van der Waals surface area contributed by atoms with Crippen molar-refractivity contribution in [2.45, 2.75) is 38.1 Å². The van der Waals surface area contributed by atoms with Crippen molar-refractivity contribution < 1.29 is 4.39 Å². The van der Waals surface area contributed by atoms with Gasteiger partial charge < -0.3 is 0 Å². The normalized spacial score (nSPS) is 18.9. The average molecular weight is 223 g/mol. The standard InChI is InChI=1S/C12H18FN3/c13-11-6-10(7-15-8-11)12(16-14)5-9-3-1-2-4-9/h6-9,12,16H,1-5,14H2. The van der Waals surface area contributed by atoms with Crippen molar-refractivity contribution in [1.29, 1.82) is 0 Å². The van der Waals surface area contributed by atoms with E-state index < -0.39 is 0 Å². The highest BCUT2D eigenvalue weighted by Gasteiger charge is 2.20. The second-order valence-corrected chi connectivity index (χ2v) is 4.54. The van der Waals surface area contributed by atoms with Crippen molar-refractivity contribution >= 4 is 0 Å². The molecule has 4 heteroatoms. The molecule has 1 fully saturated rings. The maximum atomic E-state index is 13.0. The van der Waals surface area contributed by atoms with Gasteiger partial charge in [0.15, 0.2) is 0 Å². The molecular weight excluding hydrogens is 205 g/mol. The first-order valence-corrected chi connectivity index (χ1v) is 5.86. The molecule has 3 N–H and O–H groups in total. The summed E-state index contributed by atoms with van der Waals surface area (Å²) in [6, 6.07) is 1.53. The Hall–Kier alpha value is -1.00. The van der Waals surface area contributed by atoms with E-state index in [9.17, 15) is 4.39 Å². The molecular formula is C12H18FN3. The lowest BCUT2D eigenvalue weighted by atomic mass is 9.95. The monoisotopic (exact) mass is 223 g/mol. The summed E-state index contributed by atoms with van der Waals surface area (Å²) >= 11 is 0. The van der Waals surface area contributed by atoms with Crippen LogP contribution >= 0.6 is 0 Å². The van der Waals surface area contributed by atoms with Crippen LogP contribution in [0.1, 0.15) is 43.7 Å². The van der Waals surface area contributed by atoms with Gasteiger partial charge in [0, 0.05) is 12.2 Å². The Morgan fingerprint density at radius 2 is 2.19 bits per heavy atom. The van der Waals surface area contributed by atoms with Gasteiger partial charge in [-0.25, -0.2) is 4.39 Å². The predicted octanol–water partition coefficient (Wildman–Crippen LogP) is 2.31. The lowest BCUT2D eigenvalue weighted by Gasteiger charge is -2.19. The van der Waals surface area contributed by atoms with Crippen molar-refractivity contribution in [2.24, 2.45) is 11.8 Å². The molecule has 1 aliphatic rings. The number of aromatic nitrogens is 1. The van der Waals surface area contributed by atoms with Gasteiger partial charge in [-0.2, -0.15) is 0 Å². The van der Waals surface area contributed by atoms with Crippen LogP contribution in [0.25, 0.3) is 0 Å². The molecule has 0 bridgehead atoms. The largest absolute Gasteiger partial charge is 0.271 e. The maximum absolute atomic E-state index is 13.0. The van der Waals surface area contributed by atoms with E-state index >= 15 is 0 Å².